The van der Waals surface area contributed by atoms with Crippen LogP contribution in [0.5, 0.6) is 0 Å². The molecule has 1 rings (SSSR count). The smallest absolute Gasteiger partial charge is 0.148 e. The third kappa shape index (κ3) is 5.57. The summed E-state index contributed by atoms with van der Waals surface area (Å²) in [7, 11) is -2.88. The van der Waals surface area contributed by atoms with Gasteiger partial charge in [0.2, 0.25) is 0 Å². The molecule has 96 valence electrons. The summed E-state index contributed by atoms with van der Waals surface area (Å²) in [6.45, 7) is 2.57. The first-order valence-electron chi connectivity index (χ1n) is 5.48. The van der Waals surface area contributed by atoms with Gasteiger partial charge in [0.15, 0.2) is 0 Å². The standard InChI is InChI=1S/C12H19NO2S2/c1-10-4-3-5-11(8-10)12(9-13)16-6-7-17(2,14)15/h3-5,8,12H,6-7,9,13H2,1-2H3. The zero-order chi connectivity index (χ0) is 12.9. The lowest BCUT2D eigenvalue weighted by Gasteiger charge is -2.15. The minimum atomic E-state index is -2.88. The van der Waals surface area contributed by atoms with Crippen molar-refractivity contribution < 1.29 is 8.42 Å². The van der Waals surface area contributed by atoms with Crippen molar-refractivity contribution in [1.29, 1.82) is 0 Å². The van der Waals surface area contributed by atoms with E-state index in [9.17, 15) is 8.42 Å². The van der Waals surface area contributed by atoms with Gasteiger partial charge in [-0.15, -0.1) is 0 Å². The molecule has 0 amide bonds. The third-order valence-electron chi connectivity index (χ3n) is 2.40. The summed E-state index contributed by atoms with van der Waals surface area (Å²) in [4.78, 5) is 0. The Kier molecular flexibility index (Phi) is 5.49. The quantitative estimate of drug-likeness (QED) is 0.858. The molecule has 5 heteroatoms. The largest absolute Gasteiger partial charge is 0.329 e. The van der Waals surface area contributed by atoms with Gasteiger partial charge in [-0.05, 0) is 12.5 Å². The first-order valence-corrected chi connectivity index (χ1v) is 8.59. The van der Waals surface area contributed by atoms with Crippen molar-refractivity contribution in [3.63, 3.8) is 0 Å². The maximum absolute atomic E-state index is 11.0. The Labute approximate surface area is 108 Å². The number of nitrogens with two attached hydrogens (primary N) is 1. The lowest BCUT2D eigenvalue weighted by atomic mass is 10.1. The van der Waals surface area contributed by atoms with Gasteiger partial charge < -0.3 is 5.73 Å². The predicted octanol–water partition coefficient (Wildman–Crippen LogP) is 1.77. The van der Waals surface area contributed by atoms with Crippen molar-refractivity contribution in [1.82, 2.24) is 0 Å². The van der Waals surface area contributed by atoms with Crippen molar-refractivity contribution in [2.45, 2.75) is 12.2 Å². The molecule has 0 saturated heterocycles. The van der Waals surface area contributed by atoms with Crippen molar-refractivity contribution in [2.75, 3.05) is 24.3 Å². The molecule has 1 aromatic carbocycles. The molecular formula is C12H19NO2S2. The highest BCUT2D eigenvalue weighted by molar-refractivity contribution is 8.00. The van der Waals surface area contributed by atoms with Crippen LogP contribution in [0.4, 0.5) is 0 Å². The van der Waals surface area contributed by atoms with Gasteiger partial charge in [0.25, 0.3) is 0 Å². The summed E-state index contributed by atoms with van der Waals surface area (Å²) in [5.41, 5.74) is 8.11. The molecule has 1 aromatic rings. The van der Waals surface area contributed by atoms with Crippen LogP contribution >= 0.6 is 11.8 Å². The van der Waals surface area contributed by atoms with Crippen molar-refractivity contribution in [3.8, 4) is 0 Å². The minimum absolute atomic E-state index is 0.177. The normalized spacial score (nSPS) is 13.6. The summed E-state index contributed by atoms with van der Waals surface area (Å²) in [6.07, 6.45) is 1.26. The molecule has 0 fully saturated rings. The Morgan fingerprint density at radius 1 is 1.41 bits per heavy atom. The van der Waals surface area contributed by atoms with E-state index in [0.29, 0.717) is 12.3 Å². The van der Waals surface area contributed by atoms with Crippen LogP contribution in [0, 0.1) is 6.92 Å². The lowest BCUT2D eigenvalue weighted by molar-refractivity contribution is 0.603. The first kappa shape index (κ1) is 14.5. The number of rotatable bonds is 6. The molecule has 0 aliphatic heterocycles. The molecule has 0 saturated carbocycles. The topological polar surface area (TPSA) is 60.2 Å². The van der Waals surface area contributed by atoms with Crippen LogP contribution in [0.1, 0.15) is 16.4 Å². The van der Waals surface area contributed by atoms with Gasteiger partial charge in [0.1, 0.15) is 9.84 Å². The van der Waals surface area contributed by atoms with E-state index in [1.54, 1.807) is 11.8 Å². The highest BCUT2D eigenvalue weighted by Crippen LogP contribution is 2.28. The summed E-state index contributed by atoms with van der Waals surface area (Å²) in [5, 5.41) is 0.177. The molecule has 1 unspecified atom stereocenters. The van der Waals surface area contributed by atoms with E-state index in [1.165, 1.54) is 17.4 Å². The van der Waals surface area contributed by atoms with Crippen LogP contribution in [-0.2, 0) is 9.84 Å². The van der Waals surface area contributed by atoms with Crippen molar-refractivity contribution in [3.05, 3.63) is 35.4 Å². The van der Waals surface area contributed by atoms with Crippen LogP contribution in [0.25, 0.3) is 0 Å². The van der Waals surface area contributed by atoms with Crippen molar-refractivity contribution >= 4 is 21.6 Å². The number of hydrogen-bond acceptors (Lipinski definition) is 4. The van der Waals surface area contributed by atoms with Gasteiger partial charge in [0, 0.05) is 23.8 Å². The lowest BCUT2D eigenvalue weighted by Crippen LogP contribution is -2.12. The minimum Gasteiger partial charge on any atom is -0.329 e. The van der Waals surface area contributed by atoms with E-state index in [2.05, 4.69) is 6.07 Å². The van der Waals surface area contributed by atoms with Gasteiger partial charge in [-0.2, -0.15) is 11.8 Å². The predicted molar refractivity (Wildman–Crippen MR) is 75.1 cm³/mol. The molecule has 0 bridgehead atoms. The monoisotopic (exact) mass is 273 g/mol. The Bertz CT molecular complexity index is 457. The fourth-order valence-corrected chi connectivity index (χ4v) is 3.87. The Morgan fingerprint density at radius 2 is 2.12 bits per heavy atom. The molecule has 0 aliphatic carbocycles. The molecule has 17 heavy (non-hydrogen) atoms. The fraction of sp³-hybridized carbons (Fsp3) is 0.500. The molecule has 1 atom stereocenters. The van der Waals surface area contributed by atoms with E-state index in [1.807, 2.05) is 25.1 Å². The summed E-state index contributed by atoms with van der Waals surface area (Å²) < 4.78 is 22.1. The number of aryl methyl sites for hydroxylation is 1. The zero-order valence-electron chi connectivity index (χ0n) is 10.2. The Hall–Kier alpha value is -0.520. The molecule has 3 nitrogen and oxygen atoms in total. The average molecular weight is 273 g/mol. The Morgan fingerprint density at radius 3 is 2.65 bits per heavy atom. The second-order valence-corrected chi connectivity index (χ2v) is 7.71. The highest BCUT2D eigenvalue weighted by Gasteiger charge is 2.11. The summed E-state index contributed by atoms with van der Waals surface area (Å²) in [5.74, 6) is 0.800. The molecule has 0 heterocycles. The van der Waals surface area contributed by atoms with Crippen LogP contribution in [-0.4, -0.2) is 32.7 Å². The van der Waals surface area contributed by atoms with Crippen LogP contribution in [0.3, 0.4) is 0 Å². The maximum atomic E-state index is 11.0. The van der Waals surface area contributed by atoms with E-state index < -0.39 is 9.84 Å². The molecule has 0 spiro atoms. The third-order valence-corrected chi connectivity index (χ3v) is 4.91. The molecule has 0 aliphatic rings. The van der Waals surface area contributed by atoms with Crippen LogP contribution in [0.2, 0.25) is 0 Å². The molecule has 2 N–H and O–H groups in total. The molecule has 0 aromatic heterocycles. The van der Waals surface area contributed by atoms with Gasteiger partial charge >= 0.3 is 0 Å². The van der Waals surface area contributed by atoms with E-state index in [4.69, 9.17) is 5.73 Å². The van der Waals surface area contributed by atoms with Gasteiger partial charge in [-0.1, -0.05) is 29.8 Å². The maximum Gasteiger partial charge on any atom is 0.148 e. The highest BCUT2D eigenvalue weighted by atomic mass is 32.2. The fourth-order valence-electron chi connectivity index (χ4n) is 1.51. The van der Waals surface area contributed by atoms with Gasteiger partial charge in [-0.3, -0.25) is 0 Å². The van der Waals surface area contributed by atoms with Gasteiger partial charge in [-0.25, -0.2) is 8.42 Å². The number of hydrogen-bond donors (Lipinski definition) is 1. The van der Waals surface area contributed by atoms with E-state index >= 15 is 0 Å². The molecule has 0 radical (unpaired) electrons. The van der Waals surface area contributed by atoms with E-state index in [-0.39, 0.29) is 11.0 Å². The summed E-state index contributed by atoms with van der Waals surface area (Å²) in [6, 6.07) is 8.19. The number of sulfone groups is 1. The zero-order valence-corrected chi connectivity index (χ0v) is 11.9. The van der Waals surface area contributed by atoms with E-state index in [0.717, 1.165) is 0 Å². The number of thioether (sulfide) groups is 1. The van der Waals surface area contributed by atoms with Gasteiger partial charge in [0.05, 0.1) is 5.75 Å². The second-order valence-electron chi connectivity index (χ2n) is 4.14. The van der Waals surface area contributed by atoms with Crippen LogP contribution < -0.4 is 5.73 Å². The first-order chi connectivity index (χ1) is 7.92. The van der Waals surface area contributed by atoms with Crippen LogP contribution in [0.15, 0.2) is 24.3 Å². The SMILES string of the molecule is Cc1cccc(C(CN)SCCS(C)(=O)=O)c1. The second kappa shape index (κ2) is 6.42. The number of benzene rings is 1. The average Bonchev–Trinajstić information content (AvgIpc) is 2.23. The Balaban J connectivity index is 2.60. The van der Waals surface area contributed by atoms with Crippen molar-refractivity contribution in [2.24, 2.45) is 5.73 Å². The summed E-state index contributed by atoms with van der Waals surface area (Å²) >= 11 is 1.61. The molecular weight excluding hydrogens is 254 g/mol.